The molecule has 174 valence electrons. The third-order valence-electron chi connectivity index (χ3n) is 5.58. The summed E-state index contributed by atoms with van der Waals surface area (Å²) in [4.78, 5) is 22.8. The monoisotopic (exact) mass is 429 g/mol. The second kappa shape index (κ2) is 18.7. The highest BCUT2D eigenvalue weighted by atomic mass is 16.4. The minimum absolute atomic E-state index is 0.00387. The Labute approximate surface area is 189 Å². The summed E-state index contributed by atoms with van der Waals surface area (Å²) in [6.45, 7) is 2.26. The molecule has 1 amide bonds. The summed E-state index contributed by atoms with van der Waals surface area (Å²) in [6, 6.07) is 6.27. The maximum atomic E-state index is 12.0. The predicted molar refractivity (Wildman–Crippen MR) is 131 cm³/mol. The zero-order valence-electron chi connectivity index (χ0n) is 19.5. The van der Waals surface area contributed by atoms with E-state index in [1.54, 1.807) is 12.1 Å². The van der Waals surface area contributed by atoms with Crippen LogP contribution in [0.1, 0.15) is 120 Å². The van der Waals surface area contributed by atoms with Gasteiger partial charge in [0, 0.05) is 12.1 Å². The molecular formula is C27H43NO3. The van der Waals surface area contributed by atoms with E-state index in [1.165, 1.54) is 95.6 Å². The number of carbonyl (C=O) groups is 2. The quantitative estimate of drug-likeness (QED) is 0.172. The zero-order valence-corrected chi connectivity index (χ0v) is 19.5. The Morgan fingerprint density at radius 1 is 0.742 bits per heavy atom. The van der Waals surface area contributed by atoms with E-state index in [4.69, 9.17) is 5.11 Å². The van der Waals surface area contributed by atoms with Gasteiger partial charge in [0.15, 0.2) is 0 Å². The number of hydrogen-bond donors (Lipinski definition) is 2. The Balaban J connectivity index is 1.88. The van der Waals surface area contributed by atoms with Crippen LogP contribution in [0.3, 0.4) is 0 Å². The van der Waals surface area contributed by atoms with Crippen LogP contribution in [-0.4, -0.2) is 17.0 Å². The molecule has 1 rings (SSSR count). The Hall–Kier alpha value is -2.10. The summed E-state index contributed by atoms with van der Waals surface area (Å²) in [5.74, 6) is -0.964. The second-order valence-electron chi connectivity index (χ2n) is 8.47. The molecule has 0 aliphatic rings. The van der Waals surface area contributed by atoms with Crippen molar-refractivity contribution in [3.8, 4) is 0 Å². The lowest BCUT2D eigenvalue weighted by Crippen LogP contribution is -2.11. The first-order chi connectivity index (χ1) is 15.1. The van der Waals surface area contributed by atoms with Crippen LogP contribution < -0.4 is 5.32 Å². The maximum Gasteiger partial charge on any atom is 0.335 e. The molecule has 0 heterocycles. The number of rotatable bonds is 19. The van der Waals surface area contributed by atoms with Gasteiger partial charge < -0.3 is 10.4 Å². The molecule has 0 fully saturated rings. The van der Waals surface area contributed by atoms with Crippen LogP contribution in [0, 0.1) is 0 Å². The molecule has 0 aromatic heterocycles. The van der Waals surface area contributed by atoms with Gasteiger partial charge in [0.05, 0.1) is 5.56 Å². The highest BCUT2D eigenvalue weighted by Gasteiger charge is 2.05. The summed E-state index contributed by atoms with van der Waals surface area (Å²) in [5.41, 5.74) is 0.873. The minimum atomic E-state index is -0.960. The van der Waals surface area contributed by atoms with Crippen molar-refractivity contribution in [1.82, 2.24) is 0 Å². The van der Waals surface area contributed by atoms with Crippen molar-refractivity contribution >= 4 is 17.6 Å². The molecule has 0 radical (unpaired) electrons. The van der Waals surface area contributed by atoms with Crippen molar-refractivity contribution in [2.45, 2.75) is 110 Å². The Bertz CT molecular complexity index is 622. The zero-order chi connectivity index (χ0) is 22.6. The molecule has 4 nitrogen and oxygen atoms in total. The smallest absolute Gasteiger partial charge is 0.335 e. The van der Waals surface area contributed by atoms with E-state index >= 15 is 0 Å². The number of aromatic carboxylic acids is 1. The first kappa shape index (κ1) is 26.9. The van der Waals surface area contributed by atoms with Crippen molar-refractivity contribution in [1.29, 1.82) is 0 Å². The lowest BCUT2D eigenvalue weighted by Gasteiger charge is -2.06. The molecule has 4 heteroatoms. The number of unbranched alkanes of at least 4 members (excludes halogenated alkanes) is 13. The standard InChI is InChI=1S/C27H43NO3/c1-2-3-4-5-6-7-8-9-10-11-12-13-14-15-16-17-18-19-26(29)28-25-22-20-24(21-23-25)27(30)31/h9-10,20-23H,2-8,11-19H2,1H3,(H,28,29)(H,30,31)/b10-9-. The largest absolute Gasteiger partial charge is 0.478 e. The molecule has 0 bridgehead atoms. The van der Waals surface area contributed by atoms with Gasteiger partial charge in [-0.3, -0.25) is 4.79 Å². The fourth-order valence-corrected chi connectivity index (χ4v) is 3.63. The van der Waals surface area contributed by atoms with Crippen LogP contribution >= 0.6 is 0 Å². The van der Waals surface area contributed by atoms with Crippen LogP contribution in [0.15, 0.2) is 36.4 Å². The third-order valence-corrected chi connectivity index (χ3v) is 5.58. The molecule has 0 saturated heterocycles. The van der Waals surface area contributed by atoms with E-state index < -0.39 is 5.97 Å². The highest BCUT2D eigenvalue weighted by Crippen LogP contribution is 2.13. The lowest BCUT2D eigenvalue weighted by molar-refractivity contribution is -0.116. The average Bonchev–Trinajstić information content (AvgIpc) is 2.76. The molecule has 0 unspecified atom stereocenters. The molecule has 0 atom stereocenters. The summed E-state index contributed by atoms with van der Waals surface area (Å²) >= 11 is 0. The highest BCUT2D eigenvalue weighted by molar-refractivity contribution is 5.92. The molecule has 0 spiro atoms. The molecule has 1 aromatic rings. The lowest BCUT2D eigenvalue weighted by atomic mass is 10.1. The first-order valence-electron chi connectivity index (χ1n) is 12.4. The van der Waals surface area contributed by atoms with Crippen molar-refractivity contribution in [2.24, 2.45) is 0 Å². The van der Waals surface area contributed by atoms with Gasteiger partial charge in [-0.2, -0.15) is 0 Å². The fraction of sp³-hybridized carbons (Fsp3) is 0.630. The summed E-state index contributed by atoms with van der Waals surface area (Å²) in [6.07, 6.45) is 24.2. The van der Waals surface area contributed by atoms with Crippen molar-refractivity contribution in [3.05, 3.63) is 42.0 Å². The van der Waals surface area contributed by atoms with E-state index in [0.717, 1.165) is 12.8 Å². The number of carbonyl (C=O) groups excluding carboxylic acids is 1. The van der Waals surface area contributed by atoms with Crippen molar-refractivity contribution < 1.29 is 14.7 Å². The summed E-state index contributed by atoms with van der Waals surface area (Å²) < 4.78 is 0. The van der Waals surface area contributed by atoms with Gasteiger partial charge >= 0.3 is 5.97 Å². The number of nitrogens with one attached hydrogen (secondary N) is 1. The number of benzene rings is 1. The third kappa shape index (κ3) is 15.4. The average molecular weight is 430 g/mol. The molecule has 0 aliphatic heterocycles. The molecule has 0 saturated carbocycles. The summed E-state index contributed by atoms with van der Waals surface area (Å²) in [7, 11) is 0. The number of anilines is 1. The van der Waals surface area contributed by atoms with Crippen LogP contribution in [-0.2, 0) is 4.79 Å². The first-order valence-corrected chi connectivity index (χ1v) is 12.4. The molecule has 0 aliphatic carbocycles. The van der Waals surface area contributed by atoms with E-state index in [0.29, 0.717) is 12.1 Å². The van der Waals surface area contributed by atoms with E-state index in [-0.39, 0.29) is 11.5 Å². The number of carboxylic acids is 1. The van der Waals surface area contributed by atoms with Crippen LogP contribution in [0.5, 0.6) is 0 Å². The van der Waals surface area contributed by atoms with Gasteiger partial charge in [0.1, 0.15) is 0 Å². The van der Waals surface area contributed by atoms with Crippen molar-refractivity contribution in [2.75, 3.05) is 5.32 Å². The van der Waals surface area contributed by atoms with E-state index in [9.17, 15) is 9.59 Å². The van der Waals surface area contributed by atoms with E-state index in [1.807, 2.05) is 0 Å². The summed E-state index contributed by atoms with van der Waals surface area (Å²) in [5, 5.41) is 11.7. The van der Waals surface area contributed by atoms with Crippen LogP contribution in [0.2, 0.25) is 0 Å². The molecule has 1 aromatic carbocycles. The van der Waals surface area contributed by atoms with Gasteiger partial charge in [0.25, 0.3) is 0 Å². The molecule has 2 N–H and O–H groups in total. The normalized spacial score (nSPS) is 11.1. The number of carboxylic acid groups (broad SMARTS) is 1. The minimum Gasteiger partial charge on any atom is -0.478 e. The molecular weight excluding hydrogens is 386 g/mol. The van der Waals surface area contributed by atoms with Gasteiger partial charge in [0.2, 0.25) is 5.91 Å². The number of amides is 1. The van der Waals surface area contributed by atoms with Crippen molar-refractivity contribution in [3.63, 3.8) is 0 Å². The van der Waals surface area contributed by atoms with Gasteiger partial charge in [-0.05, 0) is 56.4 Å². The van der Waals surface area contributed by atoms with Gasteiger partial charge in [-0.1, -0.05) is 83.3 Å². The fourth-order valence-electron chi connectivity index (χ4n) is 3.63. The van der Waals surface area contributed by atoms with E-state index in [2.05, 4.69) is 24.4 Å². The Morgan fingerprint density at radius 3 is 1.74 bits per heavy atom. The number of allylic oxidation sites excluding steroid dienone is 2. The van der Waals surface area contributed by atoms with Gasteiger partial charge in [-0.25, -0.2) is 4.79 Å². The topological polar surface area (TPSA) is 66.4 Å². The van der Waals surface area contributed by atoms with Crippen LogP contribution in [0.4, 0.5) is 5.69 Å². The maximum absolute atomic E-state index is 12.0. The molecule has 31 heavy (non-hydrogen) atoms. The predicted octanol–water partition coefficient (Wildman–Crippen LogP) is 8.14. The van der Waals surface area contributed by atoms with Gasteiger partial charge in [-0.15, -0.1) is 0 Å². The Kier molecular flexibility index (Phi) is 16.2. The van der Waals surface area contributed by atoms with Crippen LogP contribution in [0.25, 0.3) is 0 Å². The second-order valence-corrected chi connectivity index (χ2v) is 8.47. The Morgan fingerprint density at radius 2 is 1.23 bits per heavy atom. The number of hydrogen-bond acceptors (Lipinski definition) is 2. The SMILES string of the molecule is CCCCCCCC/C=C\CCCCCCCCCC(=O)Nc1ccc(C(=O)O)cc1.